The first-order valence-electron chi connectivity index (χ1n) is 9.67. The number of carbonyl (C=O) groups excluding carboxylic acids is 1. The topological polar surface area (TPSA) is 78.8 Å². The first-order valence-corrected chi connectivity index (χ1v) is 11.5. The number of hydrazone groups is 1. The molecule has 0 aliphatic heterocycles. The summed E-state index contributed by atoms with van der Waals surface area (Å²) in [5, 5.41) is 3.65. The molecule has 1 N–H and O–H groups in total. The van der Waals surface area contributed by atoms with Gasteiger partial charge in [-0.3, -0.25) is 9.10 Å². The Morgan fingerprint density at radius 2 is 1.58 bits per heavy atom. The van der Waals surface area contributed by atoms with Crippen LogP contribution in [-0.4, -0.2) is 26.8 Å². The summed E-state index contributed by atoms with van der Waals surface area (Å²) in [5.41, 5.74) is 1.89. The van der Waals surface area contributed by atoms with E-state index in [0.29, 0.717) is 5.56 Å². The van der Waals surface area contributed by atoms with Gasteiger partial charge < -0.3 is 0 Å². The van der Waals surface area contributed by atoms with Crippen LogP contribution in [0.15, 0.2) is 84.0 Å². The lowest BCUT2D eigenvalue weighted by Crippen LogP contribution is -2.32. The van der Waals surface area contributed by atoms with Gasteiger partial charge in [0.25, 0.3) is 5.91 Å². The predicted octanol–water partition coefficient (Wildman–Crippen LogP) is 4.44. The smallest absolute Gasteiger partial charge is 0.267 e. The molecule has 33 heavy (non-hydrogen) atoms. The SMILES string of the molecule is CS(=O)(=O)N(Cc1ccccc1)c1ccccc1C(=O)NN=Cc1ccccc1C(F)(F)F. The summed E-state index contributed by atoms with van der Waals surface area (Å²) in [4.78, 5) is 12.8. The fourth-order valence-electron chi connectivity index (χ4n) is 3.10. The molecule has 10 heteroatoms. The van der Waals surface area contributed by atoms with Crippen molar-refractivity contribution >= 4 is 27.8 Å². The van der Waals surface area contributed by atoms with E-state index in [0.717, 1.165) is 22.8 Å². The number of benzene rings is 3. The number of hydrogen-bond acceptors (Lipinski definition) is 4. The van der Waals surface area contributed by atoms with Crippen LogP contribution in [0.3, 0.4) is 0 Å². The average molecular weight is 475 g/mol. The van der Waals surface area contributed by atoms with Gasteiger partial charge in [0.05, 0.1) is 35.8 Å². The van der Waals surface area contributed by atoms with Crippen molar-refractivity contribution in [1.82, 2.24) is 5.43 Å². The second-order valence-corrected chi connectivity index (χ2v) is 8.96. The lowest BCUT2D eigenvalue weighted by atomic mass is 10.1. The van der Waals surface area contributed by atoms with Crippen LogP contribution in [0.1, 0.15) is 27.0 Å². The Morgan fingerprint density at radius 3 is 2.24 bits per heavy atom. The molecule has 0 heterocycles. The van der Waals surface area contributed by atoms with Crippen LogP contribution >= 0.6 is 0 Å². The molecule has 0 fully saturated rings. The molecule has 0 radical (unpaired) electrons. The minimum absolute atomic E-state index is 0.000104. The summed E-state index contributed by atoms with van der Waals surface area (Å²) < 4.78 is 65.4. The molecule has 0 atom stereocenters. The molecule has 0 aromatic heterocycles. The number of nitrogens with one attached hydrogen (secondary N) is 1. The van der Waals surface area contributed by atoms with Crippen LogP contribution in [0, 0.1) is 0 Å². The minimum Gasteiger partial charge on any atom is -0.267 e. The van der Waals surface area contributed by atoms with Gasteiger partial charge in [-0.1, -0.05) is 60.7 Å². The van der Waals surface area contributed by atoms with Crippen LogP contribution in [0.2, 0.25) is 0 Å². The van der Waals surface area contributed by atoms with Gasteiger partial charge in [-0.05, 0) is 23.8 Å². The molecule has 3 aromatic rings. The summed E-state index contributed by atoms with van der Waals surface area (Å²) in [7, 11) is -3.77. The van der Waals surface area contributed by atoms with Crippen molar-refractivity contribution in [3.63, 3.8) is 0 Å². The standard InChI is InChI=1S/C23H20F3N3O3S/c1-33(31,32)29(16-17-9-3-2-4-10-17)21-14-8-6-12-19(21)22(30)28-27-15-18-11-5-7-13-20(18)23(24,25)26/h2-15H,16H2,1H3,(H,28,30). The summed E-state index contributed by atoms with van der Waals surface area (Å²) >= 11 is 0. The highest BCUT2D eigenvalue weighted by Crippen LogP contribution is 2.31. The number of alkyl halides is 3. The van der Waals surface area contributed by atoms with Crippen molar-refractivity contribution in [2.75, 3.05) is 10.6 Å². The first-order chi connectivity index (χ1) is 15.6. The highest BCUT2D eigenvalue weighted by Gasteiger charge is 2.32. The first kappa shape index (κ1) is 24.0. The Labute approximate surface area is 189 Å². The van der Waals surface area contributed by atoms with E-state index in [1.807, 2.05) is 0 Å². The van der Waals surface area contributed by atoms with Gasteiger partial charge >= 0.3 is 6.18 Å². The fraction of sp³-hybridized carbons (Fsp3) is 0.130. The fourth-order valence-corrected chi connectivity index (χ4v) is 4.00. The van der Waals surface area contributed by atoms with Crippen molar-refractivity contribution in [3.05, 3.63) is 101 Å². The number of nitrogens with zero attached hydrogens (tertiary/aromatic N) is 2. The Balaban J connectivity index is 1.88. The maximum absolute atomic E-state index is 13.1. The van der Waals surface area contributed by atoms with Crippen molar-refractivity contribution in [1.29, 1.82) is 0 Å². The number of amides is 1. The zero-order chi connectivity index (χ0) is 24.1. The second-order valence-electron chi connectivity index (χ2n) is 7.06. The van der Waals surface area contributed by atoms with E-state index in [1.54, 1.807) is 42.5 Å². The lowest BCUT2D eigenvalue weighted by Gasteiger charge is -2.24. The maximum atomic E-state index is 13.1. The summed E-state index contributed by atoms with van der Waals surface area (Å²) in [6.07, 6.45) is -2.66. The molecule has 3 rings (SSSR count). The Kier molecular flexibility index (Phi) is 7.17. The third-order valence-electron chi connectivity index (χ3n) is 4.62. The number of halogens is 3. The van der Waals surface area contributed by atoms with Gasteiger partial charge in [0.1, 0.15) is 0 Å². The highest BCUT2D eigenvalue weighted by atomic mass is 32.2. The van der Waals surface area contributed by atoms with E-state index in [1.165, 1.54) is 30.3 Å². The zero-order valence-corrected chi connectivity index (χ0v) is 18.3. The van der Waals surface area contributed by atoms with Crippen LogP contribution in [0.4, 0.5) is 18.9 Å². The van der Waals surface area contributed by atoms with Crippen molar-refractivity contribution in [3.8, 4) is 0 Å². The molecule has 0 bridgehead atoms. The van der Waals surface area contributed by atoms with Gasteiger partial charge in [-0.2, -0.15) is 18.3 Å². The van der Waals surface area contributed by atoms with E-state index in [9.17, 15) is 26.4 Å². The van der Waals surface area contributed by atoms with Crippen LogP contribution in [0.25, 0.3) is 0 Å². The molecule has 6 nitrogen and oxygen atoms in total. The van der Waals surface area contributed by atoms with Crippen molar-refractivity contribution in [2.45, 2.75) is 12.7 Å². The van der Waals surface area contributed by atoms with E-state index in [-0.39, 0.29) is 23.4 Å². The molecular weight excluding hydrogens is 455 g/mol. The quantitative estimate of drug-likeness (QED) is 0.406. The Morgan fingerprint density at radius 1 is 0.970 bits per heavy atom. The molecular formula is C23H20F3N3O3S. The Hall–Kier alpha value is -3.66. The number of carbonyl (C=O) groups is 1. The van der Waals surface area contributed by atoms with E-state index < -0.39 is 27.7 Å². The molecule has 1 amide bonds. The molecule has 172 valence electrons. The number of anilines is 1. The molecule has 0 saturated heterocycles. The monoisotopic (exact) mass is 475 g/mol. The molecule has 0 unspecified atom stereocenters. The van der Waals surface area contributed by atoms with Crippen molar-refractivity contribution < 1.29 is 26.4 Å². The molecule has 0 aliphatic rings. The third-order valence-corrected chi connectivity index (χ3v) is 5.75. The highest BCUT2D eigenvalue weighted by molar-refractivity contribution is 7.92. The number of hydrogen-bond donors (Lipinski definition) is 1. The second kappa shape index (κ2) is 9.86. The molecule has 3 aromatic carbocycles. The largest absolute Gasteiger partial charge is 0.417 e. The molecule has 0 saturated carbocycles. The van der Waals surface area contributed by atoms with Gasteiger partial charge in [0.15, 0.2) is 0 Å². The van der Waals surface area contributed by atoms with Gasteiger partial charge in [-0.15, -0.1) is 0 Å². The van der Waals surface area contributed by atoms with Crippen LogP contribution in [0.5, 0.6) is 0 Å². The maximum Gasteiger partial charge on any atom is 0.417 e. The summed E-state index contributed by atoms with van der Waals surface area (Å²) in [5.74, 6) is -0.770. The zero-order valence-electron chi connectivity index (χ0n) is 17.5. The van der Waals surface area contributed by atoms with Gasteiger partial charge in [-0.25, -0.2) is 13.8 Å². The van der Waals surface area contributed by atoms with E-state index >= 15 is 0 Å². The molecule has 0 aliphatic carbocycles. The number of para-hydroxylation sites is 1. The van der Waals surface area contributed by atoms with E-state index in [4.69, 9.17) is 0 Å². The summed E-state index contributed by atoms with van der Waals surface area (Å²) in [6.45, 7) is -0.00775. The minimum atomic E-state index is -4.58. The van der Waals surface area contributed by atoms with Crippen LogP contribution < -0.4 is 9.73 Å². The third kappa shape index (κ3) is 6.19. The van der Waals surface area contributed by atoms with Gasteiger partial charge in [0, 0.05) is 5.56 Å². The number of sulfonamides is 1. The number of rotatable bonds is 7. The van der Waals surface area contributed by atoms with E-state index in [2.05, 4.69) is 10.5 Å². The van der Waals surface area contributed by atoms with Crippen molar-refractivity contribution in [2.24, 2.45) is 5.10 Å². The normalized spacial score (nSPS) is 12.0. The molecule has 0 spiro atoms. The van der Waals surface area contributed by atoms with Crippen LogP contribution in [-0.2, 0) is 22.7 Å². The predicted molar refractivity (Wildman–Crippen MR) is 120 cm³/mol. The summed E-state index contributed by atoms with van der Waals surface area (Å²) in [6, 6.07) is 19.6. The Bertz CT molecular complexity index is 1260. The van der Waals surface area contributed by atoms with Gasteiger partial charge in [0.2, 0.25) is 10.0 Å². The lowest BCUT2D eigenvalue weighted by molar-refractivity contribution is -0.137. The average Bonchev–Trinajstić information content (AvgIpc) is 2.77.